The first-order valence-electron chi connectivity index (χ1n) is 8.50. The summed E-state index contributed by atoms with van der Waals surface area (Å²) < 4.78 is 18.5. The summed E-state index contributed by atoms with van der Waals surface area (Å²) in [5.74, 6) is 0.430. The number of carbonyl (C=O) groups excluding carboxylic acids is 1. The van der Waals surface area contributed by atoms with E-state index in [1.54, 1.807) is 16.5 Å². The fraction of sp³-hybridized carbons (Fsp3) is 0.150. The van der Waals surface area contributed by atoms with Crippen LogP contribution in [0.4, 0.5) is 0 Å². The van der Waals surface area contributed by atoms with E-state index in [0.717, 1.165) is 20.2 Å². The minimum Gasteiger partial charge on any atom is -0.493 e. The highest BCUT2D eigenvalue weighted by molar-refractivity contribution is 14.1. The second-order valence-electron chi connectivity index (χ2n) is 6.03. The molecule has 4 aromatic rings. The van der Waals surface area contributed by atoms with Gasteiger partial charge < -0.3 is 14.2 Å². The van der Waals surface area contributed by atoms with Crippen LogP contribution in [0.25, 0.3) is 22.1 Å². The number of fused-ring (bicyclic) bond motifs is 3. The van der Waals surface area contributed by atoms with Crippen molar-refractivity contribution in [3.63, 3.8) is 0 Å². The van der Waals surface area contributed by atoms with Gasteiger partial charge in [0.25, 0.3) is 5.56 Å². The maximum Gasteiger partial charge on any atom is 0.343 e. The molecule has 0 aliphatic carbocycles. The maximum atomic E-state index is 12.9. The van der Waals surface area contributed by atoms with Gasteiger partial charge in [-0.05, 0) is 58.5 Å². The topological polar surface area (TPSA) is 79.1 Å². The third-order valence-corrected chi connectivity index (χ3v) is 6.03. The smallest absolute Gasteiger partial charge is 0.343 e. The van der Waals surface area contributed by atoms with Crippen LogP contribution in [0.2, 0.25) is 0 Å². The number of methoxy groups -OCH3 is 2. The summed E-state index contributed by atoms with van der Waals surface area (Å²) in [7, 11) is 2.82. The number of hydrogen-bond donors (Lipinski definition) is 0. The van der Waals surface area contributed by atoms with Gasteiger partial charge in [-0.1, -0.05) is 23.5 Å². The Hall–Kier alpha value is -2.66. The Labute approximate surface area is 182 Å². The fourth-order valence-electron chi connectivity index (χ4n) is 2.92. The van der Waals surface area contributed by atoms with Crippen molar-refractivity contribution in [1.82, 2.24) is 9.38 Å². The van der Waals surface area contributed by atoms with E-state index >= 15 is 0 Å². The highest BCUT2D eigenvalue weighted by Crippen LogP contribution is 2.34. The zero-order chi connectivity index (χ0) is 20.5. The predicted molar refractivity (Wildman–Crippen MR) is 119 cm³/mol. The number of rotatable bonds is 5. The Morgan fingerprint density at radius 1 is 1.28 bits per heavy atom. The molecule has 0 fully saturated rings. The second-order valence-corrected chi connectivity index (χ2v) is 8.20. The van der Waals surface area contributed by atoms with Gasteiger partial charge in [0, 0.05) is 0 Å². The number of nitrogens with zero attached hydrogens (tertiary/aromatic N) is 2. The molecule has 2 heterocycles. The largest absolute Gasteiger partial charge is 0.493 e. The van der Waals surface area contributed by atoms with Gasteiger partial charge in [-0.3, -0.25) is 4.79 Å². The van der Waals surface area contributed by atoms with Crippen molar-refractivity contribution in [2.24, 2.45) is 0 Å². The number of thiazole rings is 1. The highest BCUT2D eigenvalue weighted by Gasteiger charge is 2.14. The molecular weight excluding hydrogens is 507 g/mol. The molecule has 2 aromatic carbocycles. The van der Waals surface area contributed by atoms with E-state index in [4.69, 9.17) is 9.47 Å². The molecule has 0 saturated heterocycles. The Kier molecular flexibility index (Phi) is 5.41. The van der Waals surface area contributed by atoms with E-state index in [0.29, 0.717) is 21.0 Å². The molecule has 148 valence electrons. The Morgan fingerprint density at radius 2 is 2.07 bits per heavy atom. The van der Waals surface area contributed by atoms with E-state index in [2.05, 4.69) is 32.3 Å². The van der Waals surface area contributed by atoms with Gasteiger partial charge >= 0.3 is 5.97 Å². The van der Waals surface area contributed by atoms with Crippen molar-refractivity contribution in [2.75, 3.05) is 20.8 Å². The summed E-state index contributed by atoms with van der Waals surface area (Å²) in [6.07, 6.45) is 1.80. The van der Waals surface area contributed by atoms with Gasteiger partial charge in [0.15, 0.2) is 23.1 Å². The number of ether oxygens (including phenoxy) is 3. The monoisotopic (exact) mass is 522 g/mol. The van der Waals surface area contributed by atoms with Crippen molar-refractivity contribution < 1.29 is 19.0 Å². The van der Waals surface area contributed by atoms with Gasteiger partial charge in [0.05, 0.1) is 33.4 Å². The van der Waals surface area contributed by atoms with Gasteiger partial charge in [0.1, 0.15) is 0 Å². The third kappa shape index (κ3) is 3.67. The van der Waals surface area contributed by atoms with Crippen molar-refractivity contribution in [3.05, 3.63) is 60.4 Å². The van der Waals surface area contributed by atoms with Crippen molar-refractivity contribution in [1.29, 1.82) is 0 Å². The molecule has 0 aliphatic heterocycles. The first-order chi connectivity index (χ1) is 14.0. The minimum absolute atomic E-state index is 0.112. The molecular formula is C20H15IN2O5S. The molecule has 0 bridgehead atoms. The molecule has 0 atom stereocenters. The van der Waals surface area contributed by atoms with Gasteiger partial charge in [-0.2, -0.15) is 0 Å². The number of halogens is 1. The molecule has 9 heteroatoms. The van der Waals surface area contributed by atoms with Gasteiger partial charge in [-0.15, -0.1) is 0 Å². The lowest BCUT2D eigenvalue weighted by Gasteiger charge is -2.12. The first kappa shape index (κ1) is 19.6. The molecule has 0 radical (unpaired) electrons. The van der Waals surface area contributed by atoms with Crippen LogP contribution < -0.4 is 19.6 Å². The van der Waals surface area contributed by atoms with E-state index < -0.39 is 5.97 Å². The number of aromatic nitrogens is 2. The predicted octanol–water partition coefficient (Wildman–Crippen LogP) is 2.62. The summed E-state index contributed by atoms with van der Waals surface area (Å²) in [5.41, 5.74) is 2.26. The summed E-state index contributed by atoms with van der Waals surface area (Å²) in [6.45, 7) is -0.216. The Bertz CT molecular complexity index is 1340. The minimum atomic E-state index is -0.483. The third-order valence-electron chi connectivity index (χ3n) is 4.26. The van der Waals surface area contributed by atoms with Crippen LogP contribution >= 0.6 is 33.9 Å². The van der Waals surface area contributed by atoms with Gasteiger partial charge in [0.2, 0.25) is 0 Å². The quantitative estimate of drug-likeness (QED) is 0.296. The second kappa shape index (κ2) is 7.99. The molecule has 0 N–H and O–H groups in total. The van der Waals surface area contributed by atoms with E-state index in [1.807, 2.05) is 30.3 Å². The molecule has 0 aliphatic rings. The van der Waals surface area contributed by atoms with Crippen molar-refractivity contribution >= 4 is 62.0 Å². The van der Waals surface area contributed by atoms with Crippen LogP contribution in [-0.4, -0.2) is 36.2 Å². The molecule has 7 nitrogen and oxygen atoms in total. The molecule has 29 heavy (non-hydrogen) atoms. The summed E-state index contributed by atoms with van der Waals surface area (Å²) in [6, 6.07) is 11.2. The molecule has 4 rings (SSSR count). The van der Waals surface area contributed by atoms with Crippen LogP contribution in [0.3, 0.4) is 0 Å². The SMILES string of the molecule is COC(=O)COc1c(I)cc(C=c2sc3nc4ccccc4n3c2=O)cc1OC. The standard InChI is InChI=1S/C20H15IN2O5S/c1-26-15-8-11(7-12(21)18(15)28-10-17(24)27-2)9-16-19(25)23-14-6-4-3-5-13(14)22-20(23)29-16/h3-9H,10H2,1-2H3. The zero-order valence-corrected chi connectivity index (χ0v) is 18.4. The van der Waals surface area contributed by atoms with Crippen LogP contribution in [0.1, 0.15) is 5.56 Å². The average Bonchev–Trinajstić information content (AvgIpc) is 3.22. The molecule has 0 unspecified atom stereocenters. The first-order valence-corrected chi connectivity index (χ1v) is 10.4. The molecule has 0 spiro atoms. The number of carbonyl (C=O) groups is 1. The molecule has 2 aromatic heterocycles. The van der Waals surface area contributed by atoms with Crippen LogP contribution in [0, 0.1) is 3.57 Å². The van der Waals surface area contributed by atoms with Crippen molar-refractivity contribution in [3.8, 4) is 11.5 Å². The zero-order valence-electron chi connectivity index (χ0n) is 15.5. The number of esters is 1. The maximum absolute atomic E-state index is 12.9. The number of imidazole rings is 1. The molecule has 0 saturated carbocycles. The summed E-state index contributed by atoms with van der Waals surface area (Å²) in [5, 5.41) is 0. The van der Waals surface area contributed by atoms with E-state index in [-0.39, 0.29) is 12.2 Å². The average molecular weight is 522 g/mol. The van der Waals surface area contributed by atoms with E-state index in [1.165, 1.54) is 25.6 Å². The highest BCUT2D eigenvalue weighted by atomic mass is 127. The lowest BCUT2D eigenvalue weighted by Crippen LogP contribution is -2.22. The van der Waals surface area contributed by atoms with Gasteiger partial charge in [-0.25, -0.2) is 14.2 Å². The van der Waals surface area contributed by atoms with Crippen molar-refractivity contribution in [2.45, 2.75) is 0 Å². The lowest BCUT2D eigenvalue weighted by atomic mass is 10.2. The van der Waals surface area contributed by atoms with E-state index in [9.17, 15) is 9.59 Å². The molecule has 0 amide bonds. The Morgan fingerprint density at radius 3 is 2.83 bits per heavy atom. The summed E-state index contributed by atoms with van der Waals surface area (Å²) >= 11 is 3.43. The fourth-order valence-corrected chi connectivity index (χ4v) is 4.68. The normalized spacial score (nSPS) is 11.9. The Balaban J connectivity index is 1.78. The number of hydrogen-bond acceptors (Lipinski definition) is 7. The summed E-state index contributed by atoms with van der Waals surface area (Å²) in [4.78, 5) is 29.5. The van der Waals surface area contributed by atoms with Crippen LogP contribution in [0.15, 0.2) is 41.2 Å². The van der Waals surface area contributed by atoms with Crippen LogP contribution in [0.5, 0.6) is 11.5 Å². The number of para-hydroxylation sites is 2. The lowest BCUT2D eigenvalue weighted by molar-refractivity contribution is -0.142. The number of benzene rings is 2. The van der Waals surface area contributed by atoms with Crippen LogP contribution in [-0.2, 0) is 9.53 Å².